The number of amides is 1. The van der Waals surface area contributed by atoms with Crippen LogP contribution in [0.1, 0.15) is 37.7 Å². The Morgan fingerprint density at radius 2 is 2.00 bits per heavy atom. The van der Waals surface area contributed by atoms with Crippen molar-refractivity contribution in [1.82, 2.24) is 10.6 Å². The maximum atomic E-state index is 11.5. The minimum atomic E-state index is -0.644. The summed E-state index contributed by atoms with van der Waals surface area (Å²) in [4.78, 5) is 11.5. The molecule has 4 atom stereocenters. The molecule has 0 saturated heterocycles. The molecule has 32 heavy (non-hydrogen) atoms. The number of rotatable bonds is 12. The molecule has 2 rings (SSSR count). The number of aliphatic hydroxyl groups excluding tert-OH is 3. The number of carbonyl (C=O) groups excluding carboxylic acids is 1. The van der Waals surface area contributed by atoms with E-state index in [1.54, 1.807) is 6.07 Å². The van der Waals surface area contributed by atoms with E-state index < -0.39 is 12.2 Å². The van der Waals surface area contributed by atoms with Gasteiger partial charge in [0.1, 0.15) is 0 Å². The van der Waals surface area contributed by atoms with E-state index in [9.17, 15) is 15.0 Å². The number of nitrogens with one attached hydrogen (secondary N) is 2. The first-order valence-electron chi connectivity index (χ1n) is 10.9. The fourth-order valence-electron chi connectivity index (χ4n) is 3.81. The van der Waals surface area contributed by atoms with Crippen LogP contribution in [0, 0.1) is 11.8 Å². The molecule has 1 aliphatic carbocycles. The van der Waals surface area contributed by atoms with Gasteiger partial charge in [-0.2, -0.15) is 0 Å². The molecule has 1 fully saturated rings. The van der Waals surface area contributed by atoms with Gasteiger partial charge in [-0.1, -0.05) is 35.9 Å². The van der Waals surface area contributed by atoms with Crippen molar-refractivity contribution >= 4 is 34.9 Å². The summed E-state index contributed by atoms with van der Waals surface area (Å²) in [5.41, 5.74) is 0.980. The predicted octanol–water partition coefficient (Wildman–Crippen LogP) is 2.31. The van der Waals surface area contributed by atoms with Gasteiger partial charge in [-0.3, -0.25) is 4.79 Å². The molecule has 0 spiro atoms. The lowest BCUT2D eigenvalue weighted by atomic mass is 9.91. The van der Waals surface area contributed by atoms with E-state index in [0.29, 0.717) is 37.3 Å². The minimum Gasteiger partial charge on any atom is -0.471 e. The van der Waals surface area contributed by atoms with Crippen molar-refractivity contribution in [1.29, 1.82) is 0 Å². The van der Waals surface area contributed by atoms with Crippen LogP contribution in [0.5, 0.6) is 0 Å². The Bertz CT molecular complexity index is 764. The van der Waals surface area contributed by atoms with Crippen LogP contribution in [-0.4, -0.2) is 58.4 Å². The first-order chi connectivity index (χ1) is 15.4. The fourth-order valence-corrected chi connectivity index (χ4v) is 4.17. The number of benzene rings is 1. The molecule has 1 aromatic carbocycles. The third-order valence-electron chi connectivity index (χ3n) is 5.54. The van der Waals surface area contributed by atoms with Crippen molar-refractivity contribution in [2.24, 2.45) is 11.8 Å². The van der Waals surface area contributed by atoms with Gasteiger partial charge < -0.3 is 30.7 Å². The van der Waals surface area contributed by atoms with E-state index in [4.69, 9.17) is 33.7 Å². The van der Waals surface area contributed by atoms with Crippen molar-refractivity contribution in [2.45, 2.75) is 50.9 Å². The molecule has 9 heteroatoms. The highest BCUT2D eigenvalue weighted by Gasteiger charge is 2.41. The average molecular weight is 485 g/mol. The number of aliphatic hydroxyl groups is 3. The number of hydrogen-bond acceptors (Lipinski definition) is 6. The van der Waals surface area contributed by atoms with Gasteiger partial charge in [-0.05, 0) is 61.5 Å². The SMILES string of the molecule is O=C(CCC/C=C\C[C@H]1C(O)CC(O)[C@@H]1COC(=S)NCc1cccc(Cl)c1)NCCO. The molecule has 1 saturated carbocycles. The Morgan fingerprint density at radius 3 is 2.75 bits per heavy atom. The first kappa shape index (κ1) is 26.5. The van der Waals surface area contributed by atoms with Crippen LogP contribution in [0.15, 0.2) is 36.4 Å². The number of carbonyl (C=O) groups is 1. The van der Waals surface area contributed by atoms with Gasteiger partial charge in [0.2, 0.25) is 5.91 Å². The molecule has 1 aliphatic rings. The minimum absolute atomic E-state index is 0.0607. The van der Waals surface area contributed by atoms with E-state index in [1.807, 2.05) is 30.4 Å². The number of hydrogen-bond donors (Lipinski definition) is 5. The summed E-state index contributed by atoms with van der Waals surface area (Å²) in [5, 5.41) is 35.9. The molecule has 0 bridgehead atoms. The molecule has 7 nitrogen and oxygen atoms in total. The van der Waals surface area contributed by atoms with Crippen LogP contribution in [-0.2, 0) is 16.1 Å². The molecule has 178 valence electrons. The number of unbranched alkanes of at least 4 members (excludes halogenated alkanes) is 1. The van der Waals surface area contributed by atoms with Crippen LogP contribution in [0.2, 0.25) is 5.02 Å². The van der Waals surface area contributed by atoms with E-state index >= 15 is 0 Å². The smallest absolute Gasteiger partial charge is 0.256 e. The Labute approximate surface area is 199 Å². The summed E-state index contributed by atoms with van der Waals surface area (Å²) >= 11 is 11.2. The van der Waals surface area contributed by atoms with Crippen LogP contribution in [0.4, 0.5) is 0 Å². The van der Waals surface area contributed by atoms with Gasteiger partial charge in [-0.25, -0.2) is 0 Å². The fraction of sp³-hybridized carbons (Fsp3) is 0.565. The molecule has 0 radical (unpaired) electrons. The molecule has 1 amide bonds. The van der Waals surface area contributed by atoms with Gasteiger partial charge in [0, 0.05) is 30.5 Å². The lowest BCUT2D eigenvalue weighted by Gasteiger charge is -2.23. The highest BCUT2D eigenvalue weighted by molar-refractivity contribution is 7.80. The van der Waals surface area contributed by atoms with E-state index in [-0.39, 0.29) is 42.7 Å². The van der Waals surface area contributed by atoms with Gasteiger partial charge >= 0.3 is 0 Å². The Kier molecular flexibility index (Phi) is 12.0. The monoisotopic (exact) mass is 484 g/mol. The normalized spacial score (nSPS) is 22.8. The van der Waals surface area contributed by atoms with Crippen molar-refractivity contribution in [3.05, 3.63) is 47.0 Å². The number of halogens is 1. The summed E-state index contributed by atoms with van der Waals surface area (Å²) in [6, 6.07) is 7.45. The Morgan fingerprint density at radius 1 is 1.22 bits per heavy atom. The molecular formula is C23H33ClN2O5S. The largest absolute Gasteiger partial charge is 0.471 e. The highest BCUT2D eigenvalue weighted by Crippen LogP contribution is 2.35. The van der Waals surface area contributed by atoms with Crippen molar-refractivity contribution < 1.29 is 24.9 Å². The predicted molar refractivity (Wildman–Crippen MR) is 128 cm³/mol. The third kappa shape index (κ3) is 9.42. The zero-order chi connectivity index (χ0) is 23.3. The number of ether oxygens (including phenoxy) is 1. The summed E-state index contributed by atoms with van der Waals surface area (Å²) in [7, 11) is 0. The van der Waals surface area contributed by atoms with Crippen molar-refractivity contribution in [3.8, 4) is 0 Å². The second-order valence-electron chi connectivity index (χ2n) is 7.95. The van der Waals surface area contributed by atoms with Crippen molar-refractivity contribution in [3.63, 3.8) is 0 Å². The molecule has 0 heterocycles. The Hall–Kier alpha value is -1.71. The molecule has 5 N–H and O–H groups in total. The van der Waals surface area contributed by atoms with Crippen molar-refractivity contribution in [2.75, 3.05) is 19.8 Å². The standard InChI is InChI=1S/C23H33ClN2O5S/c24-17-7-5-6-16(12-17)14-26-23(32)31-15-19-18(20(28)13-21(19)29)8-3-1-2-4-9-22(30)25-10-11-27/h1,3,5-7,12,18-21,27-29H,2,4,8-11,13-15H2,(H,25,30)(H,26,32)/b3-1-/t18-,19-,20?,21?/m1/s1. The second kappa shape index (κ2) is 14.4. The third-order valence-corrected chi connectivity index (χ3v) is 6.03. The summed E-state index contributed by atoms with van der Waals surface area (Å²) in [6.07, 6.45) is 5.54. The van der Waals surface area contributed by atoms with Gasteiger partial charge in [0.15, 0.2) is 0 Å². The molecular weight excluding hydrogens is 452 g/mol. The quantitative estimate of drug-likeness (QED) is 0.176. The van der Waals surface area contributed by atoms with Crippen LogP contribution >= 0.6 is 23.8 Å². The van der Waals surface area contributed by atoms with Gasteiger partial charge in [0.05, 0.1) is 25.4 Å². The number of thiocarbonyl (C=S) groups is 1. The number of allylic oxidation sites excluding steroid dienone is 2. The van der Waals surface area contributed by atoms with E-state index in [2.05, 4.69) is 10.6 Å². The molecule has 1 aromatic rings. The first-order valence-corrected chi connectivity index (χ1v) is 11.7. The summed E-state index contributed by atoms with van der Waals surface area (Å²) < 4.78 is 5.66. The van der Waals surface area contributed by atoms with E-state index in [1.165, 1.54) is 0 Å². The molecule has 0 aromatic heterocycles. The topological polar surface area (TPSA) is 111 Å². The lowest BCUT2D eigenvalue weighted by molar-refractivity contribution is -0.121. The summed E-state index contributed by atoms with van der Waals surface area (Å²) in [6.45, 7) is 0.928. The second-order valence-corrected chi connectivity index (χ2v) is 8.76. The zero-order valence-electron chi connectivity index (χ0n) is 18.1. The van der Waals surface area contributed by atoms with Gasteiger partial charge in [-0.15, -0.1) is 0 Å². The van der Waals surface area contributed by atoms with Crippen LogP contribution in [0.25, 0.3) is 0 Å². The van der Waals surface area contributed by atoms with Gasteiger partial charge in [0.25, 0.3) is 5.17 Å². The molecule has 2 unspecified atom stereocenters. The highest BCUT2D eigenvalue weighted by atomic mass is 35.5. The van der Waals surface area contributed by atoms with E-state index in [0.717, 1.165) is 12.0 Å². The Balaban J connectivity index is 1.71. The zero-order valence-corrected chi connectivity index (χ0v) is 19.7. The van der Waals surface area contributed by atoms with Crippen LogP contribution < -0.4 is 10.6 Å². The average Bonchev–Trinajstić information content (AvgIpc) is 3.03. The summed E-state index contributed by atoms with van der Waals surface area (Å²) in [5.74, 6) is -0.409. The maximum absolute atomic E-state index is 11.5. The lowest BCUT2D eigenvalue weighted by Crippen LogP contribution is -2.31. The van der Waals surface area contributed by atoms with Crippen LogP contribution in [0.3, 0.4) is 0 Å². The maximum Gasteiger partial charge on any atom is 0.256 e. The molecule has 0 aliphatic heterocycles.